The molecule has 1 amide bonds. The normalized spacial score (nSPS) is 10.3. The van der Waals surface area contributed by atoms with Gasteiger partial charge in [-0.15, -0.1) is 5.10 Å². The van der Waals surface area contributed by atoms with Gasteiger partial charge in [-0.25, -0.2) is 0 Å². The number of halogens is 1. The second-order valence-electron chi connectivity index (χ2n) is 3.78. The molecule has 0 spiro atoms. The zero-order chi connectivity index (χ0) is 15.4. The number of nitrogen functional groups attached to an aromatic ring is 1. The topological polar surface area (TPSA) is 126 Å². The first-order valence-electron chi connectivity index (χ1n) is 5.60. The zero-order valence-corrected chi connectivity index (χ0v) is 12.0. The molecule has 110 valence electrons. The predicted molar refractivity (Wildman–Crippen MR) is 76.3 cm³/mol. The fourth-order valence-electron chi connectivity index (χ4n) is 1.35. The van der Waals surface area contributed by atoms with Crippen LogP contribution in [0, 0.1) is 0 Å². The summed E-state index contributed by atoms with van der Waals surface area (Å²) in [5, 5.41) is 16.3. The van der Waals surface area contributed by atoms with Gasteiger partial charge in [0, 0.05) is 10.6 Å². The van der Waals surface area contributed by atoms with Crippen LogP contribution >= 0.6 is 23.5 Å². The van der Waals surface area contributed by atoms with E-state index in [1.807, 2.05) is 0 Å². The van der Waals surface area contributed by atoms with Gasteiger partial charge in [-0.2, -0.15) is 9.07 Å². The number of nitrogens with one attached hydrogen (secondary N) is 1. The molecule has 2 aromatic rings. The van der Waals surface area contributed by atoms with Crippen molar-refractivity contribution in [3.8, 4) is 11.4 Å². The van der Waals surface area contributed by atoms with Gasteiger partial charge in [0.1, 0.15) is 0 Å². The molecule has 0 radical (unpaired) electrons. The van der Waals surface area contributed by atoms with Crippen molar-refractivity contribution in [1.29, 1.82) is 0 Å². The predicted octanol–water partition coefficient (Wildman–Crippen LogP) is 0.136. The Kier molecular flexibility index (Phi) is 4.66. The largest absolute Gasteiger partial charge is 0.548 e. The van der Waals surface area contributed by atoms with Gasteiger partial charge in [-0.05, 0) is 24.3 Å². The third-order valence-electron chi connectivity index (χ3n) is 2.25. The maximum atomic E-state index is 11.5. The molecule has 21 heavy (non-hydrogen) atoms. The van der Waals surface area contributed by atoms with E-state index < -0.39 is 17.8 Å². The molecule has 1 aromatic carbocycles. The Morgan fingerprint density at radius 1 is 1.38 bits per heavy atom. The number of hydrogen-bond donors (Lipinski definition) is 2. The monoisotopic (exact) mass is 326 g/mol. The molecule has 0 aliphatic rings. The molecule has 0 fully saturated rings. The number of amides is 1. The molecule has 0 bridgehead atoms. The summed E-state index contributed by atoms with van der Waals surface area (Å²) in [6.07, 6.45) is 0. The average Bonchev–Trinajstić information content (AvgIpc) is 2.78. The van der Waals surface area contributed by atoms with E-state index in [0.29, 0.717) is 28.4 Å². The lowest BCUT2D eigenvalue weighted by atomic mass is 10.2. The highest BCUT2D eigenvalue weighted by atomic mass is 35.5. The smallest absolute Gasteiger partial charge is 0.302 e. The fraction of sp³-hybridized carbons (Fsp3) is 0.0909. The SMILES string of the molecule is Nc1nc(-c2ccc(Cl)cc2)nn1SC(=O)NCC(=O)[O-]. The van der Waals surface area contributed by atoms with Gasteiger partial charge in [0.05, 0.1) is 24.5 Å². The first-order valence-corrected chi connectivity index (χ1v) is 6.75. The Morgan fingerprint density at radius 3 is 2.67 bits per heavy atom. The van der Waals surface area contributed by atoms with Crippen molar-refractivity contribution in [2.75, 3.05) is 12.3 Å². The second kappa shape index (κ2) is 6.46. The molecule has 10 heteroatoms. The van der Waals surface area contributed by atoms with Gasteiger partial charge < -0.3 is 21.0 Å². The molecular formula is C11H9ClN5O3S-. The first kappa shape index (κ1) is 15.1. The van der Waals surface area contributed by atoms with Crippen molar-refractivity contribution in [2.45, 2.75) is 0 Å². The molecule has 3 N–H and O–H groups in total. The lowest BCUT2D eigenvalue weighted by molar-refractivity contribution is -0.303. The standard InChI is InChI=1S/C11H10ClN5O3S/c12-7-3-1-6(2-4-7)9-15-10(13)17(16-9)21-11(20)14-5-8(18)19/h1-4H,5H2,(H,14,20)(H,18,19)(H2,13,15,16)/p-1. The van der Waals surface area contributed by atoms with Crippen molar-refractivity contribution >= 4 is 40.7 Å². The van der Waals surface area contributed by atoms with E-state index in [2.05, 4.69) is 15.4 Å². The molecule has 1 heterocycles. The molecule has 0 atom stereocenters. The maximum Gasteiger partial charge on any atom is 0.302 e. The van der Waals surface area contributed by atoms with Crippen molar-refractivity contribution < 1.29 is 14.7 Å². The Hall–Kier alpha value is -2.26. The minimum atomic E-state index is -1.39. The van der Waals surface area contributed by atoms with Crippen LogP contribution in [-0.2, 0) is 4.79 Å². The van der Waals surface area contributed by atoms with Gasteiger partial charge in [0.2, 0.25) is 5.95 Å². The summed E-state index contributed by atoms with van der Waals surface area (Å²) in [4.78, 5) is 25.7. The quantitative estimate of drug-likeness (QED) is 0.818. The van der Waals surface area contributed by atoms with Crippen LogP contribution in [0.4, 0.5) is 10.7 Å². The summed E-state index contributed by atoms with van der Waals surface area (Å²) in [5.74, 6) is -1.06. The highest BCUT2D eigenvalue weighted by Gasteiger charge is 2.13. The zero-order valence-electron chi connectivity index (χ0n) is 10.4. The number of benzene rings is 1. The van der Waals surface area contributed by atoms with E-state index in [1.165, 1.54) is 0 Å². The van der Waals surface area contributed by atoms with E-state index >= 15 is 0 Å². The van der Waals surface area contributed by atoms with Crippen LogP contribution in [-0.4, -0.2) is 31.9 Å². The van der Waals surface area contributed by atoms with Crippen LogP contribution in [0.25, 0.3) is 11.4 Å². The number of carbonyl (C=O) groups excluding carboxylic acids is 2. The molecular weight excluding hydrogens is 318 g/mol. The van der Waals surface area contributed by atoms with Crippen LogP contribution in [0.5, 0.6) is 0 Å². The summed E-state index contributed by atoms with van der Waals surface area (Å²) < 4.78 is 1.09. The number of carbonyl (C=O) groups is 2. The van der Waals surface area contributed by atoms with Crippen molar-refractivity contribution in [1.82, 2.24) is 19.5 Å². The molecule has 0 unspecified atom stereocenters. The number of rotatable bonds is 4. The third-order valence-corrected chi connectivity index (χ3v) is 3.25. The third kappa shape index (κ3) is 4.10. The Bertz CT molecular complexity index is 673. The Labute approximate surface area is 128 Å². The number of aromatic nitrogens is 3. The van der Waals surface area contributed by atoms with E-state index in [4.69, 9.17) is 17.3 Å². The van der Waals surface area contributed by atoms with Gasteiger partial charge in [-0.1, -0.05) is 11.6 Å². The molecule has 1 aromatic heterocycles. The molecule has 2 rings (SSSR count). The number of carboxylic acids is 1. The second-order valence-corrected chi connectivity index (χ2v) is 5.11. The van der Waals surface area contributed by atoms with E-state index in [1.54, 1.807) is 24.3 Å². The number of nitrogens with two attached hydrogens (primary N) is 1. The van der Waals surface area contributed by atoms with Crippen LogP contribution in [0.2, 0.25) is 5.02 Å². The van der Waals surface area contributed by atoms with Crippen molar-refractivity contribution in [3.63, 3.8) is 0 Å². The van der Waals surface area contributed by atoms with Crippen molar-refractivity contribution in [3.05, 3.63) is 29.3 Å². The molecule has 0 saturated carbocycles. The fourth-order valence-corrected chi connectivity index (χ4v) is 2.03. The summed E-state index contributed by atoms with van der Waals surface area (Å²) in [7, 11) is 0. The maximum absolute atomic E-state index is 11.5. The van der Waals surface area contributed by atoms with Crippen molar-refractivity contribution in [2.24, 2.45) is 0 Å². The Balaban J connectivity index is 2.10. The van der Waals surface area contributed by atoms with Crippen LogP contribution in [0.1, 0.15) is 0 Å². The number of hydrogen-bond acceptors (Lipinski definition) is 7. The first-order chi connectivity index (χ1) is 9.95. The highest BCUT2D eigenvalue weighted by molar-refractivity contribution is 8.12. The van der Waals surface area contributed by atoms with Crippen LogP contribution in [0.15, 0.2) is 24.3 Å². The summed E-state index contributed by atoms with van der Waals surface area (Å²) >= 11 is 6.37. The van der Waals surface area contributed by atoms with Gasteiger partial charge in [0.15, 0.2) is 5.82 Å². The summed E-state index contributed by atoms with van der Waals surface area (Å²) in [5.41, 5.74) is 6.33. The van der Waals surface area contributed by atoms with Crippen LogP contribution < -0.4 is 16.2 Å². The van der Waals surface area contributed by atoms with E-state index in [9.17, 15) is 14.7 Å². The van der Waals surface area contributed by atoms with Gasteiger partial charge >= 0.3 is 5.24 Å². The number of anilines is 1. The van der Waals surface area contributed by atoms with Gasteiger partial charge in [0.25, 0.3) is 0 Å². The number of aliphatic carboxylic acids is 1. The molecule has 0 saturated heterocycles. The van der Waals surface area contributed by atoms with E-state index in [0.717, 1.165) is 4.09 Å². The summed E-state index contributed by atoms with van der Waals surface area (Å²) in [6, 6.07) is 6.77. The molecule has 8 nitrogen and oxygen atoms in total. The van der Waals surface area contributed by atoms with Gasteiger partial charge in [-0.3, -0.25) is 4.79 Å². The minimum Gasteiger partial charge on any atom is -0.548 e. The lowest BCUT2D eigenvalue weighted by Crippen LogP contribution is -2.36. The van der Waals surface area contributed by atoms with Crippen LogP contribution in [0.3, 0.4) is 0 Å². The molecule has 0 aliphatic carbocycles. The summed E-state index contributed by atoms with van der Waals surface area (Å²) in [6.45, 7) is -0.593. The van der Waals surface area contributed by atoms with E-state index in [-0.39, 0.29) is 5.95 Å². The highest BCUT2D eigenvalue weighted by Crippen LogP contribution is 2.21. The number of nitrogens with zero attached hydrogens (tertiary/aromatic N) is 3. The minimum absolute atomic E-state index is 0.00792. The average molecular weight is 327 g/mol. The number of carboxylic acid groups (broad SMARTS) is 1. The lowest BCUT2D eigenvalue weighted by Gasteiger charge is -2.04. The Morgan fingerprint density at radius 2 is 2.05 bits per heavy atom. The molecule has 0 aliphatic heterocycles.